The lowest BCUT2D eigenvalue weighted by Gasteiger charge is -2.51. The highest BCUT2D eigenvalue weighted by Crippen LogP contribution is 2.37. The van der Waals surface area contributed by atoms with Crippen molar-refractivity contribution < 1.29 is 14.3 Å². The minimum Gasteiger partial charge on any atom is -0.386 e. The summed E-state index contributed by atoms with van der Waals surface area (Å²) in [7, 11) is 0. The molecule has 5 atom stereocenters. The average Bonchev–Trinajstić information content (AvgIpc) is 3.30. The van der Waals surface area contributed by atoms with Crippen LogP contribution in [0.15, 0.2) is 48.9 Å². The smallest absolute Gasteiger partial charge is 0.253 e. The van der Waals surface area contributed by atoms with Crippen LogP contribution in [0.5, 0.6) is 0 Å². The number of piperidine rings is 2. The summed E-state index contributed by atoms with van der Waals surface area (Å²) < 4.78 is 17.7. The molecule has 3 aromatic heterocycles. The number of aromatic nitrogens is 3. The molecule has 10 heteroatoms. The molecule has 1 aliphatic heterocycles. The van der Waals surface area contributed by atoms with Crippen LogP contribution >= 0.6 is 0 Å². The molecule has 2 aliphatic rings. The lowest BCUT2D eigenvalue weighted by molar-refractivity contribution is -0.0462. The summed E-state index contributed by atoms with van der Waals surface area (Å²) in [5.74, 6) is 0.450. The Kier molecular flexibility index (Phi) is 6.23. The molecule has 1 amide bonds. The second kappa shape index (κ2) is 9.34. The van der Waals surface area contributed by atoms with Gasteiger partial charge < -0.3 is 21.1 Å². The molecule has 2 bridgehead atoms. The topological polar surface area (TPSA) is 127 Å². The number of amides is 1. The zero-order valence-electron chi connectivity index (χ0n) is 19.4. The summed E-state index contributed by atoms with van der Waals surface area (Å²) in [4.78, 5) is 16.9. The van der Waals surface area contributed by atoms with Crippen molar-refractivity contribution in [2.24, 2.45) is 11.8 Å². The molecule has 182 valence electrons. The molecule has 9 nitrogen and oxygen atoms in total. The van der Waals surface area contributed by atoms with E-state index in [-0.39, 0.29) is 18.2 Å². The Morgan fingerprint density at radius 1 is 1.37 bits per heavy atom. The SMILES string of the molecule is CC(O)(CNC1C2CNCC1C2)[C@H](F)C(NC(=O)c1cccnc1)c1ccc2cc(C#N)cnn12. The van der Waals surface area contributed by atoms with E-state index in [1.807, 2.05) is 6.07 Å². The molecular formula is C25H28FN7O2. The van der Waals surface area contributed by atoms with E-state index < -0.39 is 23.7 Å². The van der Waals surface area contributed by atoms with Gasteiger partial charge >= 0.3 is 0 Å². The number of carbonyl (C=O) groups is 1. The van der Waals surface area contributed by atoms with Crippen LogP contribution < -0.4 is 16.0 Å². The predicted molar refractivity (Wildman–Crippen MR) is 126 cm³/mol. The van der Waals surface area contributed by atoms with Gasteiger partial charge in [-0.3, -0.25) is 9.78 Å². The number of nitrogens with zero attached hydrogens (tertiary/aromatic N) is 4. The van der Waals surface area contributed by atoms with E-state index in [9.17, 15) is 15.2 Å². The fourth-order valence-corrected chi connectivity index (χ4v) is 5.20. The largest absolute Gasteiger partial charge is 0.386 e. The minimum absolute atomic E-state index is 0.0421. The fourth-order valence-electron chi connectivity index (χ4n) is 5.20. The fraction of sp³-hybridized carbons (Fsp3) is 0.440. The van der Waals surface area contributed by atoms with Gasteiger partial charge in [-0.25, -0.2) is 8.91 Å². The van der Waals surface area contributed by atoms with E-state index in [0.29, 0.717) is 28.6 Å². The van der Waals surface area contributed by atoms with Crippen LogP contribution in [0.25, 0.3) is 5.52 Å². The van der Waals surface area contributed by atoms with Gasteiger partial charge in [0.25, 0.3) is 5.91 Å². The predicted octanol–water partition coefficient (Wildman–Crippen LogP) is 1.36. The Morgan fingerprint density at radius 2 is 2.17 bits per heavy atom. The van der Waals surface area contributed by atoms with Gasteiger partial charge in [0.05, 0.1) is 28.5 Å². The molecule has 3 aromatic rings. The number of halogens is 1. The van der Waals surface area contributed by atoms with Crippen molar-refractivity contribution in [2.75, 3.05) is 19.6 Å². The summed E-state index contributed by atoms with van der Waals surface area (Å²) in [5.41, 5.74) is -0.191. The molecule has 4 heterocycles. The van der Waals surface area contributed by atoms with Gasteiger partial charge in [-0.2, -0.15) is 10.4 Å². The van der Waals surface area contributed by atoms with Crippen LogP contribution in [-0.4, -0.2) is 63.1 Å². The highest BCUT2D eigenvalue weighted by atomic mass is 19.1. The summed E-state index contributed by atoms with van der Waals surface area (Å²) in [6, 6.07) is 9.27. The quantitative estimate of drug-likeness (QED) is 0.386. The van der Waals surface area contributed by atoms with Crippen molar-refractivity contribution in [2.45, 2.75) is 37.2 Å². The number of carbonyl (C=O) groups excluding carboxylic acids is 1. The van der Waals surface area contributed by atoms with Crippen LogP contribution in [0.4, 0.5) is 4.39 Å². The van der Waals surface area contributed by atoms with Crippen LogP contribution in [-0.2, 0) is 0 Å². The zero-order chi connectivity index (χ0) is 24.6. The van der Waals surface area contributed by atoms with Crippen LogP contribution in [0.2, 0.25) is 0 Å². The number of aliphatic hydroxyl groups is 1. The van der Waals surface area contributed by atoms with Crippen molar-refractivity contribution in [1.29, 1.82) is 5.26 Å². The number of rotatable bonds is 8. The van der Waals surface area contributed by atoms with Gasteiger partial charge in [-0.05, 0) is 68.6 Å². The molecule has 1 saturated carbocycles. The van der Waals surface area contributed by atoms with E-state index in [0.717, 1.165) is 19.5 Å². The summed E-state index contributed by atoms with van der Waals surface area (Å²) in [6.45, 7) is 3.33. The van der Waals surface area contributed by atoms with E-state index in [1.165, 1.54) is 23.8 Å². The molecule has 2 fully saturated rings. The van der Waals surface area contributed by atoms with E-state index in [2.05, 4.69) is 26.0 Å². The van der Waals surface area contributed by atoms with Gasteiger partial charge in [0.2, 0.25) is 0 Å². The lowest BCUT2D eigenvalue weighted by Crippen LogP contribution is -2.65. The van der Waals surface area contributed by atoms with Crippen molar-refractivity contribution in [3.05, 3.63) is 65.7 Å². The highest BCUT2D eigenvalue weighted by Gasteiger charge is 2.46. The molecule has 0 aromatic carbocycles. The van der Waals surface area contributed by atoms with Gasteiger partial charge in [-0.1, -0.05) is 0 Å². The minimum atomic E-state index is -1.86. The summed E-state index contributed by atoms with van der Waals surface area (Å²) in [6.07, 6.45) is 3.61. The first-order chi connectivity index (χ1) is 16.9. The summed E-state index contributed by atoms with van der Waals surface area (Å²) >= 11 is 0. The second-order valence-electron chi connectivity index (χ2n) is 9.72. The highest BCUT2D eigenvalue weighted by molar-refractivity contribution is 5.94. The Bertz CT molecular complexity index is 1240. The van der Waals surface area contributed by atoms with Crippen LogP contribution in [0, 0.1) is 23.2 Å². The molecule has 35 heavy (non-hydrogen) atoms. The number of nitriles is 1. The molecule has 1 aliphatic carbocycles. The Balaban J connectivity index is 1.42. The number of pyridine rings is 1. The molecule has 4 N–H and O–H groups in total. The van der Waals surface area contributed by atoms with Crippen molar-refractivity contribution in [1.82, 2.24) is 30.5 Å². The zero-order valence-corrected chi connectivity index (χ0v) is 19.4. The molecule has 1 saturated heterocycles. The Hall–Kier alpha value is -3.39. The standard InChI is InChI=1S/C25H28FN7O2/c1-25(35,14-30-21-17-8-18(21)13-29-12-17)23(26)22(32-24(34)16-3-2-6-28-11-16)20-5-4-19-7-15(9-27)10-31-33(19)20/h2-7,10-11,17-18,21-23,29-30,35H,8,12-14H2,1H3,(H,32,34)/t17?,18?,21?,22?,23-,25?/m1/s1. The number of nitrogens with one attached hydrogen (secondary N) is 3. The van der Waals surface area contributed by atoms with E-state index >= 15 is 4.39 Å². The van der Waals surface area contributed by atoms with Crippen LogP contribution in [0.3, 0.4) is 0 Å². The molecule has 4 unspecified atom stereocenters. The first kappa shape index (κ1) is 23.4. The number of alkyl halides is 1. The van der Waals surface area contributed by atoms with Gasteiger partial charge in [-0.15, -0.1) is 0 Å². The van der Waals surface area contributed by atoms with Crippen LogP contribution in [0.1, 0.15) is 41.0 Å². The van der Waals surface area contributed by atoms with Crippen molar-refractivity contribution in [3.8, 4) is 6.07 Å². The van der Waals surface area contributed by atoms with E-state index in [4.69, 9.17) is 0 Å². The van der Waals surface area contributed by atoms with Gasteiger partial charge in [0.15, 0.2) is 6.17 Å². The monoisotopic (exact) mass is 477 g/mol. The van der Waals surface area contributed by atoms with E-state index in [1.54, 1.807) is 36.5 Å². The third-order valence-electron chi connectivity index (χ3n) is 7.20. The average molecular weight is 478 g/mol. The lowest BCUT2D eigenvalue weighted by atomic mass is 9.67. The maximum Gasteiger partial charge on any atom is 0.253 e. The Morgan fingerprint density at radius 3 is 2.86 bits per heavy atom. The maximum absolute atomic E-state index is 16.2. The summed E-state index contributed by atoms with van der Waals surface area (Å²) in [5, 5.41) is 34.2. The third-order valence-corrected chi connectivity index (χ3v) is 7.20. The normalized spacial score (nSPS) is 24.6. The van der Waals surface area contributed by atoms with Crippen molar-refractivity contribution in [3.63, 3.8) is 0 Å². The molecular weight excluding hydrogens is 449 g/mol. The molecule has 0 radical (unpaired) electrons. The van der Waals surface area contributed by atoms with Gasteiger partial charge in [0, 0.05) is 25.0 Å². The Labute approximate surface area is 202 Å². The third kappa shape index (κ3) is 4.50. The van der Waals surface area contributed by atoms with Crippen molar-refractivity contribution >= 4 is 11.4 Å². The number of hydrogen-bond acceptors (Lipinski definition) is 7. The number of fused-ring (bicyclic) bond motifs is 3. The molecule has 5 rings (SSSR count). The second-order valence-corrected chi connectivity index (χ2v) is 9.72. The first-order valence-electron chi connectivity index (χ1n) is 11.8. The maximum atomic E-state index is 16.2. The number of hydrogen-bond donors (Lipinski definition) is 4. The molecule has 0 spiro atoms. The van der Waals surface area contributed by atoms with Gasteiger partial charge in [0.1, 0.15) is 17.7 Å². The first-order valence-corrected chi connectivity index (χ1v) is 11.8.